The second kappa shape index (κ2) is 8.67. The van der Waals surface area contributed by atoms with Crippen molar-refractivity contribution in [1.29, 1.82) is 0 Å². The molecule has 0 fully saturated rings. The molecule has 1 aliphatic carbocycles. The highest BCUT2D eigenvalue weighted by molar-refractivity contribution is 6.31. The number of carbonyl (C=O) groups excluding carboxylic acids is 4. The van der Waals surface area contributed by atoms with Gasteiger partial charge in [-0.05, 0) is 52.0 Å². The van der Waals surface area contributed by atoms with Crippen LogP contribution in [0.15, 0.2) is 47.4 Å². The molecular weight excluding hydrogens is 466 g/mol. The van der Waals surface area contributed by atoms with Crippen LogP contribution in [-0.4, -0.2) is 47.0 Å². The maximum Gasteiger partial charge on any atom is 0.194 e. The Morgan fingerprint density at radius 2 is 1.72 bits per heavy atom. The number of ether oxygens (including phenoxy) is 2. The number of methoxy groups -OCH3 is 1. The van der Waals surface area contributed by atoms with Crippen LogP contribution in [0.2, 0.25) is 0 Å². The highest BCUT2D eigenvalue weighted by Crippen LogP contribution is 2.57. The zero-order valence-electron chi connectivity index (χ0n) is 20.4. The Bertz CT molecular complexity index is 1410. The predicted molar refractivity (Wildman–Crippen MR) is 129 cm³/mol. The maximum atomic E-state index is 13.8. The van der Waals surface area contributed by atoms with E-state index >= 15 is 0 Å². The molecule has 0 amide bonds. The van der Waals surface area contributed by atoms with Gasteiger partial charge < -0.3 is 25.0 Å². The molecule has 2 aliphatic rings. The largest absolute Gasteiger partial charge is 0.507 e. The fraction of sp³-hybridized carbons (Fsp3) is 0.259. The van der Waals surface area contributed by atoms with Crippen molar-refractivity contribution in [2.75, 3.05) is 13.7 Å². The van der Waals surface area contributed by atoms with Gasteiger partial charge in [0.15, 0.2) is 23.1 Å². The minimum Gasteiger partial charge on any atom is -0.507 e. The molecule has 1 atom stereocenters. The average Bonchev–Trinajstić information content (AvgIpc) is 3.13. The van der Waals surface area contributed by atoms with Crippen LogP contribution in [0.3, 0.4) is 0 Å². The SMILES string of the molecule is COc1ccc(C(=O)CNC(C)=C2C(=O)C=C3Oc4c(C(C)=O)c(O)c(C)c(O)c4C3(C)C2=O)cc1. The minimum absolute atomic E-state index is 0.00589. The summed E-state index contributed by atoms with van der Waals surface area (Å²) in [7, 11) is 1.52. The van der Waals surface area contributed by atoms with Crippen molar-refractivity contribution in [2.24, 2.45) is 0 Å². The van der Waals surface area contributed by atoms with Crippen molar-refractivity contribution < 1.29 is 38.9 Å². The minimum atomic E-state index is -1.62. The van der Waals surface area contributed by atoms with E-state index in [4.69, 9.17) is 9.47 Å². The van der Waals surface area contributed by atoms with E-state index in [1.54, 1.807) is 24.3 Å². The normalized spacial score (nSPS) is 19.6. The van der Waals surface area contributed by atoms with Crippen LogP contribution in [0.25, 0.3) is 0 Å². The summed E-state index contributed by atoms with van der Waals surface area (Å²) < 4.78 is 10.8. The van der Waals surface area contributed by atoms with Gasteiger partial charge in [0, 0.05) is 22.9 Å². The van der Waals surface area contributed by atoms with Gasteiger partial charge in [-0.15, -0.1) is 0 Å². The van der Waals surface area contributed by atoms with E-state index in [1.807, 2.05) is 0 Å². The molecule has 0 bridgehead atoms. The van der Waals surface area contributed by atoms with Gasteiger partial charge >= 0.3 is 0 Å². The summed E-state index contributed by atoms with van der Waals surface area (Å²) in [6.07, 6.45) is 1.13. The van der Waals surface area contributed by atoms with Crippen LogP contribution in [0.1, 0.15) is 52.6 Å². The summed E-state index contributed by atoms with van der Waals surface area (Å²) in [5.74, 6) is -2.56. The number of benzene rings is 2. The number of phenols is 2. The van der Waals surface area contributed by atoms with Gasteiger partial charge in [0.25, 0.3) is 0 Å². The lowest BCUT2D eigenvalue weighted by Crippen LogP contribution is -2.41. The number of hydrogen-bond donors (Lipinski definition) is 3. The van der Waals surface area contributed by atoms with E-state index in [2.05, 4.69) is 5.32 Å². The summed E-state index contributed by atoms with van der Waals surface area (Å²) in [5.41, 5.74) is -1.37. The molecule has 2 aromatic rings. The molecule has 9 heteroatoms. The van der Waals surface area contributed by atoms with Gasteiger partial charge in [0.05, 0.1) is 24.8 Å². The third-order valence-electron chi connectivity index (χ3n) is 6.69. The number of rotatable bonds is 6. The lowest BCUT2D eigenvalue weighted by atomic mass is 9.70. The Morgan fingerprint density at radius 1 is 1.08 bits per heavy atom. The summed E-state index contributed by atoms with van der Waals surface area (Å²) in [5, 5.41) is 24.2. The zero-order chi connectivity index (χ0) is 26.5. The number of nitrogens with one attached hydrogen (secondary N) is 1. The van der Waals surface area contributed by atoms with Crippen molar-refractivity contribution >= 4 is 23.1 Å². The van der Waals surface area contributed by atoms with Gasteiger partial charge in [0.1, 0.15) is 39.7 Å². The van der Waals surface area contributed by atoms with E-state index < -0.39 is 34.3 Å². The summed E-state index contributed by atoms with van der Waals surface area (Å²) in [6, 6.07) is 6.52. The number of ketones is 4. The first kappa shape index (κ1) is 24.7. The Morgan fingerprint density at radius 3 is 2.31 bits per heavy atom. The van der Waals surface area contributed by atoms with E-state index in [-0.39, 0.29) is 51.8 Å². The van der Waals surface area contributed by atoms with Crippen LogP contribution in [0.5, 0.6) is 23.0 Å². The van der Waals surface area contributed by atoms with Crippen LogP contribution < -0.4 is 14.8 Å². The molecule has 1 aliphatic heterocycles. The fourth-order valence-electron chi connectivity index (χ4n) is 4.54. The third kappa shape index (κ3) is 3.55. The molecule has 3 N–H and O–H groups in total. The smallest absolute Gasteiger partial charge is 0.194 e. The van der Waals surface area contributed by atoms with Crippen molar-refractivity contribution in [3.8, 4) is 23.0 Å². The highest BCUT2D eigenvalue weighted by Gasteiger charge is 2.56. The molecule has 1 unspecified atom stereocenters. The summed E-state index contributed by atoms with van der Waals surface area (Å²) in [6.45, 7) is 5.45. The monoisotopic (exact) mass is 491 g/mol. The predicted octanol–water partition coefficient (Wildman–Crippen LogP) is 3.05. The van der Waals surface area contributed by atoms with Gasteiger partial charge in [0.2, 0.25) is 0 Å². The molecule has 0 aromatic heterocycles. The number of fused-ring (bicyclic) bond motifs is 3. The van der Waals surface area contributed by atoms with Crippen molar-refractivity contribution in [1.82, 2.24) is 5.32 Å². The standard InChI is InChI=1S/C27H25NO8/c1-12-23(32)21(14(3)29)25-22(24(12)33)27(4)19(36-25)10-17(30)20(26(27)34)13(2)28-11-18(31)15-6-8-16(35-5)9-7-15/h6-10,28,32-33H,11H2,1-5H3. The van der Waals surface area contributed by atoms with Crippen molar-refractivity contribution in [3.63, 3.8) is 0 Å². The molecule has 0 saturated carbocycles. The number of Topliss-reactive ketones (excluding diaryl/α,β-unsaturated/α-hetero) is 3. The van der Waals surface area contributed by atoms with Gasteiger partial charge in [-0.25, -0.2) is 0 Å². The summed E-state index contributed by atoms with van der Waals surface area (Å²) >= 11 is 0. The first-order chi connectivity index (χ1) is 16.9. The number of hydrogen-bond acceptors (Lipinski definition) is 9. The fourth-order valence-corrected chi connectivity index (χ4v) is 4.54. The summed E-state index contributed by atoms with van der Waals surface area (Å²) in [4.78, 5) is 51.6. The molecule has 1 heterocycles. The second-order valence-corrected chi connectivity index (χ2v) is 8.89. The Hall–Kier alpha value is -4.40. The number of allylic oxidation sites excluding steroid dienone is 4. The van der Waals surface area contributed by atoms with E-state index in [0.29, 0.717) is 11.3 Å². The Kier molecular flexibility index (Phi) is 5.95. The molecule has 9 nitrogen and oxygen atoms in total. The van der Waals surface area contributed by atoms with Crippen molar-refractivity contribution in [2.45, 2.75) is 33.1 Å². The van der Waals surface area contributed by atoms with Crippen LogP contribution in [-0.2, 0) is 15.0 Å². The first-order valence-electron chi connectivity index (χ1n) is 11.1. The topological polar surface area (TPSA) is 139 Å². The van der Waals surface area contributed by atoms with Gasteiger partial charge in [-0.3, -0.25) is 19.2 Å². The molecule has 186 valence electrons. The van der Waals surface area contributed by atoms with E-state index in [1.165, 1.54) is 34.8 Å². The molecular formula is C27H25NO8. The molecule has 36 heavy (non-hydrogen) atoms. The van der Waals surface area contributed by atoms with Crippen LogP contribution in [0.4, 0.5) is 0 Å². The Labute approximate surface area is 207 Å². The maximum absolute atomic E-state index is 13.8. The van der Waals surface area contributed by atoms with Crippen LogP contribution in [0, 0.1) is 6.92 Å². The molecule has 0 saturated heterocycles. The molecule has 0 radical (unpaired) electrons. The molecule has 2 aromatic carbocycles. The van der Waals surface area contributed by atoms with E-state index in [9.17, 15) is 29.4 Å². The molecule has 4 rings (SSSR count). The quantitative estimate of drug-likeness (QED) is 0.316. The van der Waals surface area contributed by atoms with Gasteiger partial charge in [-0.2, -0.15) is 0 Å². The average molecular weight is 491 g/mol. The van der Waals surface area contributed by atoms with Crippen molar-refractivity contribution in [3.05, 3.63) is 69.6 Å². The second-order valence-electron chi connectivity index (χ2n) is 8.89. The lowest BCUT2D eigenvalue weighted by molar-refractivity contribution is -0.123. The highest BCUT2D eigenvalue weighted by atomic mass is 16.5. The number of phenolic OH excluding ortho intramolecular Hbond substituents is 2. The number of aromatic hydroxyl groups is 2. The third-order valence-corrected chi connectivity index (χ3v) is 6.69. The number of carbonyl (C=O) groups is 4. The lowest BCUT2D eigenvalue weighted by Gasteiger charge is -2.29. The zero-order valence-corrected chi connectivity index (χ0v) is 20.4. The van der Waals surface area contributed by atoms with Gasteiger partial charge in [-0.1, -0.05) is 0 Å². The van der Waals surface area contributed by atoms with E-state index in [0.717, 1.165) is 6.08 Å². The Balaban J connectivity index is 1.72. The molecule has 0 spiro atoms. The van der Waals surface area contributed by atoms with Crippen LogP contribution >= 0.6 is 0 Å². The first-order valence-corrected chi connectivity index (χ1v) is 11.1.